The number of hydrogen-bond donors (Lipinski definition) is 0. The molecule has 1 amide bonds. The molecular formula is C22H26BrFN4O2. The number of methoxy groups -OCH3 is 1. The maximum Gasteiger partial charge on any atom is 0.242 e. The van der Waals surface area contributed by atoms with E-state index >= 15 is 0 Å². The highest BCUT2D eigenvalue weighted by molar-refractivity contribution is 9.10. The average molecular weight is 477 g/mol. The lowest BCUT2D eigenvalue weighted by Crippen LogP contribution is -2.31. The van der Waals surface area contributed by atoms with Gasteiger partial charge in [-0.25, -0.2) is 14.1 Å². The van der Waals surface area contributed by atoms with Crippen LogP contribution >= 0.6 is 15.9 Å². The number of rotatable bonds is 7. The first-order chi connectivity index (χ1) is 14.3. The summed E-state index contributed by atoms with van der Waals surface area (Å²) in [6.07, 6.45) is 0.871. The predicted molar refractivity (Wildman–Crippen MR) is 118 cm³/mol. The van der Waals surface area contributed by atoms with Gasteiger partial charge < -0.3 is 9.64 Å². The molecule has 8 heteroatoms. The topological polar surface area (TPSA) is 60.3 Å². The molecule has 3 rings (SSSR count). The normalized spacial score (nSPS) is 11.2. The third kappa shape index (κ3) is 4.33. The van der Waals surface area contributed by atoms with Gasteiger partial charge in [-0.2, -0.15) is 0 Å². The van der Waals surface area contributed by atoms with E-state index < -0.39 is 0 Å². The molecule has 6 nitrogen and oxygen atoms in total. The molecule has 0 atom stereocenters. The van der Waals surface area contributed by atoms with Gasteiger partial charge >= 0.3 is 0 Å². The zero-order valence-electron chi connectivity index (χ0n) is 17.9. The first kappa shape index (κ1) is 22.2. The largest absolute Gasteiger partial charge is 0.479 e. The number of pyridine rings is 1. The van der Waals surface area contributed by atoms with E-state index in [1.807, 2.05) is 27.8 Å². The minimum atomic E-state index is -0.311. The molecule has 0 aliphatic heterocycles. The molecule has 0 saturated carbocycles. The highest BCUT2D eigenvalue weighted by Crippen LogP contribution is 2.30. The van der Waals surface area contributed by atoms with Crippen LogP contribution in [0.3, 0.4) is 0 Å². The van der Waals surface area contributed by atoms with E-state index in [2.05, 4.69) is 26.0 Å². The van der Waals surface area contributed by atoms with E-state index in [9.17, 15) is 9.18 Å². The number of ether oxygens (including phenoxy) is 1. The van der Waals surface area contributed by atoms with E-state index in [-0.39, 0.29) is 18.3 Å². The predicted octanol–water partition coefficient (Wildman–Crippen LogP) is 4.48. The molecule has 2 heterocycles. The van der Waals surface area contributed by atoms with Crippen LogP contribution in [-0.2, 0) is 24.8 Å². The van der Waals surface area contributed by atoms with Crippen molar-refractivity contribution >= 4 is 32.9 Å². The molecule has 0 fully saturated rings. The smallest absolute Gasteiger partial charge is 0.242 e. The van der Waals surface area contributed by atoms with Crippen LogP contribution in [0.15, 0.2) is 22.7 Å². The second-order valence-electron chi connectivity index (χ2n) is 7.28. The van der Waals surface area contributed by atoms with Crippen molar-refractivity contribution in [2.75, 3.05) is 13.7 Å². The van der Waals surface area contributed by atoms with Crippen molar-refractivity contribution < 1.29 is 13.9 Å². The quantitative estimate of drug-likeness (QED) is 0.504. The summed E-state index contributed by atoms with van der Waals surface area (Å²) in [6.45, 7) is 6.61. The molecule has 3 aromatic rings. The van der Waals surface area contributed by atoms with Crippen LogP contribution in [0, 0.1) is 19.7 Å². The zero-order chi connectivity index (χ0) is 22.0. The summed E-state index contributed by atoms with van der Waals surface area (Å²) in [4.78, 5) is 19.2. The lowest BCUT2D eigenvalue weighted by Gasteiger charge is -2.22. The van der Waals surface area contributed by atoms with Gasteiger partial charge in [-0.05, 0) is 56.5 Å². The lowest BCUT2D eigenvalue weighted by molar-refractivity contribution is -0.131. The number of nitrogens with zero attached hydrogens (tertiary/aromatic N) is 4. The Labute approximate surface area is 184 Å². The Morgan fingerprint density at radius 3 is 2.73 bits per heavy atom. The van der Waals surface area contributed by atoms with Gasteiger partial charge in [0.15, 0.2) is 5.65 Å². The molecule has 0 saturated heterocycles. The molecule has 30 heavy (non-hydrogen) atoms. The summed E-state index contributed by atoms with van der Waals surface area (Å²) < 4.78 is 22.0. The van der Waals surface area contributed by atoms with Crippen LogP contribution in [0.5, 0.6) is 5.88 Å². The molecule has 0 bridgehead atoms. The van der Waals surface area contributed by atoms with Gasteiger partial charge in [0.1, 0.15) is 5.82 Å². The molecule has 1 aromatic carbocycles. The molecule has 0 aliphatic carbocycles. The van der Waals surface area contributed by atoms with Crippen LogP contribution in [0.1, 0.15) is 35.7 Å². The van der Waals surface area contributed by atoms with Crippen molar-refractivity contribution in [2.24, 2.45) is 7.05 Å². The van der Waals surface area contributed by atoms with Gasteiger partial charge in [0.05, 0.1) is 12.5 Å². The van der Waals surface area contributed by atoms with Crippen LogP contribution < -0.4 is 4.74 Å². The van der Waals surface area contributed by atoms with Crippen molar-refractivity contribution in [2.45, 2.75) is 40.2 Å². The number of carbonyl (C=O) groups excluding carboxylic acids is 1. The summed E-state index contributed by atoms with van der Waals surface area (Å²) >= 11 is 3.36. The van der Waals surface area contributed by atoms with Gasteiger partial charge in [-0.15, -0.1) is 5.10 Å². The van der Waals surface area contributed by atoms with Crippen molar-refractivity contribution in [1.82, 2.24) is 19.7 Å². The van der Waals surface area contributed by atoms with E-state index in [1.165, 1.54) is 6.07 Å². The summed E-state index contributed by atoms with van der Waals surface area (Å²) in [5, 5.41) is 5.24. The molecule has 0 radical (unpaired) electrons. The first-order valence-corrected chi connectivity index (χ1v) is 10.6. The molecule has 0 unspecified atom stereocenters. The van der Waals surface area contributed by atoms with Crippen molar-refractivity contribution in [3.63, 3.8) is 0 Å². The summed E-state index contributed by atoms with van der Waals surface area (Å²) in [6, 6.07) is 4.77. The van der Waals surface area contributed by atoms with Crippen LogP contribution in [-0.4, -0.2) is 39.2 Å². The van der Waals surface area contributed by atoms with Gasteiger partial charge in [0, 0.05) is 42.3 Å². The summed E-state index contributed by atoms with van der Waals surface area (Å²) in [5.41, 5.74) is 4.18. The fourth-order valence-electron chi connectivity index (χ4n) is 3.74. The van der Waals surface area contributed by atoms with E-state index in [1.54, 1.807) is 28.8 Å². The number of benzene rings is 1. The van der Waals surface area contributed by atoms with Crippen molar-refractivity contribution in [3.8, 4) is 5.88 Å². The standard InChI is InChI=1S/C22H26BrFN4O2/c1-6-28(12-15-11-16(23)7-9-18(15)24)19(29)10-8-17-13(2)20-21(25-14(17)3)27(4)26-22(20)30-5/h7,9,11H,6,8,10,12H2,1-5H3. The monoisotopic (exact) mass is 476 g/mol. The Morgan fingerprint density at radius 1 is 1.33 bits per heavy atom. The Balaban J connectivity index is 1.80. The average Bonchev–Trinajstić information content (AvgIpc) is 3.03. The highest BCUT2D eigenvalue weighted by Gasteiger charge is 2.20. The zero-order valence-corrected chi connectivity index (χ0v) is 19.5. The Morgan fingerprint density at radius 2 is 2.07 bits per heavy atom. The van der Waals surface area contributed by atoms with Crippen LogP contribution in [0.4, 0.5) is 4.39 Å². The molecule has 0 spiro atoms. The van der Waals surface area contributed by atoms with Gasteiger partial charge in [0.25, 0.3) is 0 Å². The number of fused-ring (bicyclic) bond motifs is 1. The maximum absolute atomic E-state index is 14.1. The molecular weight excluding hydrogens is 451 g/mol. The van der Waals surface area contributed by atoms with Crippen molar-refractivity contribution in [3.05, 3.63) is 50.9 Å². The third-order valence-electron chi connectivity index (χ3n) is 5.41. The number of halogens is 2. The summed E-state index contributed by atoms with van der Waals surface area (Å²) in [7, 11) is 3.42. The summed E-state index contributed by atoms with van der Waals surface area (Å²) in [5.74, 6) is 0.203. The number of aryl methyl sites for hydroxylation is 3. The second kappa shape index (κ2) is 9.12. The minimum Gasteiger partial charge on any atom is -0.479 e. The second-order valence-corrected chi connectivity index (χ2v) is 8.19. The molecule has 0 aliphatic rings. The number of carbonyl (C=O) groups is 1. The number of amides is 1. The SMILES string of the molecule is CCN(Cc1cc(Br)ccc1F)C(=O)CCc1c(C)nc2c(c(OC)nn2C)c1C. The molecule has 160 valence electrons. The maximum atomic E-state index is 14.1. The molecule has 2 aromatic heterocycles. The fraction of sp³-hybridized carbons (Fsp3) is 0.409. The Bertz CT molecular complexity index is 1100. The van der Waals surface area contributed by atoms with Crippen LogP contribution in [0.25, 0.3) is 11.0 Å². The van der Waals surface area contributed by atoms with E-state index in [0.717, 1.165) is 32.3 Å². The highest BCUT2D eigenvalue weighted by atomic mass is 79.9. The minimum absolute atomic E-state index is 0.0195. The molecule has 0 N–H and O–H groups in total. The Kier molecular flexibility index (Phi) is 6.75. The number of hydrogen-bond acceptors (Lipinski definition) is 4. The Hall–Kier alpha value is -2.48. The van der Waals surface area contributed by atoms with E-state index in [4.69, 9.17) is 4.74 Å². The fourth-order valence-corrected chi connectivity index (χ4v) is 4.15. The van der Waals surface area contributed by atoms with Crippen LogP contribution in [0.2, 0.25) is 0 Å². The van der Waals surface area contributed by atoms with Gasteiger partial charge in [-0.1, -0.05) is 15.9 Å². The first-order valence-electron chi connectivity index (χ1n) is 9.85. The van der Waals surface area contributed by atoms with Gasteiger partial charge in [-0.3, -0.25) is 4.79 Å². The van der Waals surface area contributed by atoms with Crippen molar-refractivity contribution in [1.29, 1.82) is 0 Å². The van der Waals surface area contributed by atoms with Gasteiger partial charge in [0.2, 0.25) is 11.8 Å². The lowest BCUT2D eigenvalue weighted by atomic mass is 10.00. The van der Waals surface area contributed by atoms with E-state index in [0.29, 0.717) is 30.8 Å². The third-order valence-corrected chi connectivity index (χ3v) is 5.90. The number of aromatic nitrogens is 3.